The fourth-order valence-corrected chi connectivity index (χ4v) is 4.37. The van der Waals surface area contributed by atoms with Crippen molar-refractivity contribution in [2.24, 2.45) is 0 Å². The quantitative estimate of drug-likeness (QED) is 0.476. The van der Waals surface area contributed by atoms with Crippen LogP contribution in [0.15, 0.2) is 64.1 Å². The summed E-state index contributed by atoms with van der Waals surface area (Å²) in [6.45, 7) is 2.01. The molecule has 1 aliphatic heterocycles. The van der Waals surface area contributed by atoms with Crippen LogP contribution in [0.1, 0.15) is 38.9 Å². The van der Waals surface area contributed by atoms with Gasteiger partial charge in [0.2, 0.25) is 5.76 Å². The molecule has 0 fully saturated rings. The van der Waals surface area contributed by atoms with Crippen molar-refractivity contribution in [1.82, 2.24) is 9.88 Å². The topological polar surface area (TPSA) is 92.9 Å². The van der Waals surface area contributed by atoms with Gasteiger partial charge in [-0.05, 0) is 53.9 Å². The second kappa shape index (κ2) is 7.94. The molecule has 0 unspecified atom stereocenters. The summed E-state index contributed by atoms with van der Waals surface area (Å²) in [7, 11) is 1.44. The second-order valence-corrected chi connectivity index (χ2v) is 8.31. The number of ether oxygens (including phenoxy) is 1. The lowest BCUT2D eigenvalue weighted by Crippen LogP contribution is -2.29. The number of fused-ring (bicyclic) bond motifs is 2. The van der Waals surface area contributed by atoms with Crippen LogP contribution in [0.5, 0.6) is 11.5 Å². The fraction of sp³-hybridized carbons (Fsp3) is 0.160. The number of hydrogen-bond donors (Lipinski definition) is 1. The first-order valence-corrected chi connectivity index (χ1v) is 10.6. The highest BCUT2D eigenvalue weighted by Gasteiger charge is 2.43. The number of rotatable bonds is 4. The van der Waals surface area contributed by atoms with E-state index in [1.807, 2.05) is 6.07 Å². The normalized spacial score (nSPS) is 15.2. The van der Waals surface area contributed by atoms with Gasteiger partial charge in [-0.1, -0.05) is 23.7 Å². The van der Waals surface area contributed by atoms with Crippen molar-refractivity contribution in [1.29, 1.82) is 0 Å². The molecule has 0 saturated heterocycles. The maximum Gasteiger partial charge on any atom is 0.291 e. The first kappa shape index (κ1) is 21.0. The van der Waals surface area contributed by atoms with E-state index in [9.17, 15) is 14.7 Å². The van der Waals surface area contributed by atoms with Gasteiger partial charge < -0.3 is 19.2 Å². The summed E-state index contributed by atoms with van der Waals surface area (Å²) in [6.07, 6.45) is 3.32. The lowest BCUT2D eigenvalue weighted by atomic mass is 9.97. The van der Waals surface area contributed by atoms with Crippen molar-refractivity contribution in [3.63, 3.8) is 0 Å². The van der Waals surface area contributed by atoms with Crippen LogP contribution in [0, 0.1) is 6.92 Å². The number of methoxy groups -OCH3 is 1. The SMILES string of the molecule is COc1cc([C@H]2c3c(oc4cc(C)c(Cl)cc4c3=O)C(=O)N2Cc2cccnc2)ccc1O. The Hall–Kier alpha value is -3.84. The molecule has 0 saturated carbocycles. The molecule has 33 heavy (non-hydrogen) atoms. The maximum atomic E-state index is 13.6. The van der Waals surface area contributed by atoms with E-state index in [1.54, 1.807) is 54.5 Å². The molecule has 0 radical (unpaired) electrons. The average molecular weight is 463 g/mol. The number of aromatic nitrogens is 1. The minimum Gasteiger partial charge on any atom is -0.504 e. The lowest BCUT2D eigenvalue weighted by Gasteiger charge is -2.25. The first-order chi connectivity index (χ1) is 15.9. The van der Waals surface area contributed by atoms with Gasteiger partial charge in [0.25, 0.3) is 5.91 Å². The summed E-state index contributed by atoms with van der Waals surface area (Å²) in [5.74, 6) is -0.219. The second-order valence-electron chi connectivity index (χ2n) is 7.90. The summed E-state index contributed by atoms with van der Waals surface area (Å²) < 4.78 is 11.2. The minimum atomic E-state index is -0.747. The molecule has 1 atom stereocenters. The maximum absolute atomic E-state index is 13.6. The van der Waals surface area contributed by atoms with Gasteiger partial charge in [0, 0.05) is 24.0 Å². The summed E-state index contributed by atoms with van der Waals surface area (Å²) in [5, 5.41) is 10.8. The molecule has 4 aromatic rings. The Balaban J connectivity index is 1.76. The van der Waals surface area contributed by atoms with Gasteiger partial charge in [0.05, 0.1) is 24.1 Å². The van der Waals surface area contributed by atoms with E-state index in [-0.39, 0.29) is 34.8 Å². The van der Waals surface area contributed by atoms with Crippen LogP contribution in [0.2, 0.25) is 5.02 Å². The first-order valence-electron chi connectivity index (χ1n) is 10.2. The van der Waals surface area contributed by atoms with Crippen LogP contribution >= 0.6 is 11.6 Å². The van der Waals surface area contributed by atoms with Gasteiger partial charge >= 0.3 is 0 Å². The highest BCUT2D eigenvalue weighted by molar-refractivity contribution is 6.32. The molecule has 5 rings (SSSR count). The van der Waals surface area contributed by atoms with E-state index in [4.69, 9.17) is 20.8 Å². The lowest BCUT2D eigenvalue weighted by molar-refractivity contribution is 0.0714. The monoisotopic (exact) mass is 462 g/mol. The van der Waals surface area contributed by atoms with Gasteiger partial charge in [-0.15, -0.1) is 0 Å². The molecule has 3 heterocycles. The molecule has 1 N–H and O–H groups in total. The van der Waals surface area contributed by atoms with Crippen molar-refractivity contribution in [3.05, 3.63) is 98.1 Å². The highest BCUT2D eigenvalue weighted by atomic mass is 35.5. The fourth-order valence-electron chi connectivity index (χ4n) is 4.20. The predicted molar refractivity (Wildman–Crippen MR) is 123 cm³/mol. The Kier molecular flexibility index (Phi) is 5.06. The van der Waals surface area contributed by atoms with Crippen molar-refractivity contribution >= 4 is 28.5 Å². The third kappa shape index (κ3) is 3.41. The molecule has 0 bridgehead atoms. The molecule has 2 aromatic heterocycles. The van der Waals surface area contributed by atoms with Gasteiger partial charge in [-0.2, -0.15) is 0 Å². The number of amides is 1. The smallest absolute Gasteiger partial charge is 0.291 e. The third-order valence-electron chi connectivity index (χ3n) is 5.84. The summed E-state index contributed by atoms with van der Waals surface area (Å²) in [6, 6.07) is 10.9. The molecule has 2 aromatic carbocycles. The molecular formula is C25H19ClN2O5. The van der Waals surface area contributed by atoms with Gasteiger partial charge in [0.1, 0.15) is 5.58 Å². The number of nitrogens with zero attached hydrogens (tertiary/aromatic N) is 2. The molecule has 7 nitrogen and oxygen atoms in total. The summed E-state index contributed by atoms with van der Waals surface area (Å²) in [5.41, 5.74) is 2.34. The standard InChI is InChI=1S/C25H19ClN2O5/c1-13-8-19-16(10-17(13)26)23(30)21-22(15-5-6-18(29)20(9-15)32-2)28(25(31)24(21)33-19)12-14-4-3-7-27-11-14/h3-11,22,29H,12H2,1-2H3/t22-/m0/s1. The number of phenolic OH excluding ortho intramolecular Hbond substituents is 1. The van der Waals surface area contributed by atoms with Crippen LogP contribution < -0.4 is 10.2 Å². The molecule has 1 amide bonds. The van der Waals surface area contributed by atoms with E-state index < -0.39 is 11.9 Å². The number of aryl methyl sites for hydroxylation is 1. The number of halogens is 1. The van der Waals surface area contributed by atoms with E-state index in [1.165, 1.54) is 13.2 Å². The average Bonchev–Trinajstić information content (AvgIpc) is 3.08. The zero-order valence-electron chi connectivity index (χ0n) is 17.8. The Morgan fingerprint density at radius 2 is 2.03 bits per heavy atom. The van der Waals surface area contributed by atoms with Crippen LogP contribution in [0.3, 0.4) is 0 Å². The zero-order chi connectivity index (χ0) is 23.3. The van der Waals surface area contributed by atoms with Crippen molar-refractivity contribution in [2.75, 3.05) is 7.11 Å². The Morgan fingerprint density at radius 1 is 1.21 bits per heavy atom. The molecule has 0 spiro atoms. The van der Waals surface area contributed by atoms with E-state index in [0.29, 0.717) is 21.6 Å². The number of aromatic hydroxyl groups is 1. The Morgan fingerprint density at radius 3 is 2.76 bits per heavy atom. The zero-order valence-corrected chi connectivity index (χ0v) is 18.6. The number of hydrogen-bond acceptors (Lipinski definition) is 6. The van der Waals surface area contributed by atoms with Crippen molar-refractivity contribution in [2.45, 2.75) is 19.5 Å². The van der Waals surface area contributed by atoms with Crippen molar-refractivity contribution < 1.29 is 19.1 Å². The van der Waals surface area contributed by atoms with E-state index in [2.05, 4.69) is 4.98 Å². The number of pyridine rings is 1. The van der Waals surface area contributed by atoms with Gasteiger partial charge in [-0.25, -0.2) is 0 Å². The van der Waals surface area contributed by atoms with E-state index >= 15 is 0 Å². The van der Waals surface area contributed by atoms with Crippen LogP contribution in [-0.2, 0) is 6.54 Å². The summed E-state index contributed by atoms with van der Waals surface area (Å²) in [4.78, 5) is 32.9. The van der Waals surface area contributed by atoms with Crippen LogP contribution in [0.25, 0.3) is 11.0 Å². The number of phenols is 1. The predicted octanol–water partition coefficient (Wildman–Crippen LogP) is 4.61. The largest absolute Gasteiger partial charge is 0.504 e. The minimum absolute atomic E-state index is 0.00449. The molecule has 0 aliphatic carbocycles. The van der Waals surface area contributed by atoms with Crippen LogP contribution in [-0.4, -0.2) is 28.0 Å². The van der Waals surface area contributed by atoms with E-state index in [0.717, 1.165) is 11.1 Å². The van der Waals surface area contributed by atoms with Crippen molar-refractivity contribution in [3.8, 4) is 11.5 Å². The molecule has 8 heteroatoms. The molecule has 166 valence electrons. The van der Waals surface area contributed by atoms with Gasteiger partial charge in [0.15, 0.2) is 16.9 Å². The Bertz CT molecular complexity index is 1470. The Labute approximate surface area is 193 Å². The highest BCUT2D eigenvalue weighted by Crippen LogP contribution is 2.41. The molecule has 1 aliphatic rings. The number of carbonyl (C=O) groups is 1. The van der Waals surface area contributed by atoms with Gasteiger partial charge in [-0.3, -0.25) is 14.6 Å². The summed E-state index contributed by atoms with van der Waals surface area (Å²) >= 11 is 6.28. The molecular weight excluding hydrogens is 444 g/mol. The third-order valence-corrected chi connectivity index (χ3v) is 6.25. The number of carbonyl (C=O) groups excluding carboxylic acids is 1. The van der Waals surface area contributed by atoms with Crippen LogP contribution in [0.4, 0.5) is 0 Å². The number of benzene rings is 2.